The van der Waals surface area contributed by atoms with Crippen molar-refractivity contribution in [3.05, 3.63) is 82.9 Å². The van der Waals surface area contributed by atoms with Gasteiger partial charge in [0.05, 0.1) is 17.6 Å². The van der Waals surface area contributed by atoms with E-state index in [1.54, 1.807) is 4.68 Å². The number of hydrogen-bond donors (Lipinski definition) is 3. The summed E-state index contributed by atoms with van der Waals surface area (Å²) in [6, 6.07) is 17.6. The van der Waals surface area contributed by atoms with Crippen molar-refractivity contribution in [3.8, 4) is 5.69 Å². The van der Waals surface area contributed by atoms with Gasteiger partial charge in [0.15, 0.2) is 10.8 Å². The summed E-state index contributed by atoms with van der Waals surface area (Å²) in [5.74, 6) is 0.0380. The predicted octanol–water partition coefficient (Wildman–Crippen LogP) is 3.04. The molecule has 0 bridgehead atoms. The lowest BCUT2D eigenvalue weighted by atomic mass is 10.1. The summed E-state index contributed by atoms with van der Waals surface area (Å²) in [5.41, 5.74) is 3.25. The summed E-state index contributed by atoms with van der Waals surface area (Å²) in [6.45, 7) is 0.533. The number of fused-ring (bicyclic) bond motifs is 2. The third kappa shape index (κ3) is 4.02. The van der Waals surface area contributed by atoms with E-state index in [1.165, 1.54) is 28.9 Å². The van der Waals surface area contributed by atoms with Gasteiger partial charge < -0.3 is 15.3 Å². The number of nitrogens with zero attached hydrogens (tertiary/aromatic N) is 3. The fourth-order valence-corrected chi connectivity index (χ4v) is 4.27. The second-order valence-corrected chi connectivity index (χ2v) is 8.21. The Balaban J connectivity index is 1.23. The zero-order chi connectivity index (χ0) is 21.9. The van der Waals surface area contributed by atoms with E-state index in [4.69, 9.17) is 0 Å². The van der Waals surface area contributed by atoms with Crippen LogP contribution in [0.4, 0.5) is 0 Å². The maximum Gasteiger partial charge on any atom is 0.262 e. The first-order valence-corrected chi connectivity index (χ1v) is 11.2. The molecule has 0 aliphatic heterocycles. The van der Waals surface area contributed by atoms with Crippen molar-refractivity contribution in [3.63, 3.8) is 0 Å². The molecule has 0 atom stereocenters. The first-order valence-electron chi connectivity index (χ1n) is 10.2. The minimum absolute atomic E-state index is 0.117. The number of rotatable bonds is 7. The molecule has 3 heterocycles. The number of aromatic nitrogens is 5. The smallest absolute Gasteiger partial charge is 0.262 e. The Morgan fingerprint density at radius 2 is 1.88 bits per heavy atom. The third-order valence-electron chi connectivity index (χ3n) is 5.15. The molecule has 0 aliphatic rings. The SMILES string of the molecule is O=C(CSc1nc2c(cnn2-c2ccccc2)c(=O)[nH]1)NCCc1c[nH]c2ccccc12. The number of hydrogen-bond acceptors (Lipinski definition) is 5. The Morgan fingerprint density at radius 3 is 2.75 bits per heavy atom. The van der Waals surface area contributed by atoms with E-state index in [2.05, 4.69) is 31.4 Å². The normalized spacial score (nSPS) is 11.2. The van der Waals surface area contributed by atoms with Gasteiger partial charge in [-0.05, 0) is 30.2 Å². The van der Waals surface area contributed by atoms with Crippen LogP contribution < -0.4 is 10.9 Å². The molecule has 5 aromatic rings. The molecule has 0 unspecified atom stereocenters. The fraction of sp³-hybridized carbons (Fsp3) is 0.130. The number of aromatic amines is 2. The summed E-state index contributed by atoms with van der Waals surface area (Å²) >= 11 is 1.19. The van der Waals surface area contributed by atoms with Gasteiger partial charge in [0, 0.05) is 23.6 Å². The molecule has 5 rings (SSSR count). The largest absolute Gasteiger partial charge is 0.361 e. The van der Waals surface area contributed by atoms with Crippen LogP contribution in [-0.2, 0) is 11.2 Å². The zero-order valence-corrected chi connectivity index (χ0v) is 17.9. The molecule has 160 valence electrons. The van der Waals surface area contributed by atoms with E-state index in [0.29, 0.717) is 22.7 Å². The van der Waals surface area contributed by atoms with E-state index in [9.17, 15) is 9.59 Å². The third-order valence-corrected chi connectivity index (χ3v) is 6.02. The maximum atomic E-state index is 12.4. The number of para-hydroxylation sites is 2. The van der Waals surface area contributed by atoms with Crippen molar-refractivity contribution in [2.45, 2.75) is 11.6 Å². The van der Waals surface area contributed by atoms with Crippen LogP contribution in [0, 0.1) is 0 Å². The highest BCUT2D eigenvalue weighted by Crippen LogP contribution is 2.19. The van der Waals surface area contributed by atoms with Crippen LogP contribution in [0.1, 0.15) is 5.56 Å². The molecule has 0 spiro atoms. The van der Waals surface area contributed by atoms with Crippen molar-refractivity contribution < 1.29 is 4.79 Å². The summed E-state index contributed by atoms with van der Waals surface area (Å²) in [7, 11) is 0. The van der Waals surface area contributed by atoms with Gasteiger partial charge in [-0.15, -0.1) is 0 Å². The highest BCUT2D eigenvalue weighted by atomic mass is 32.2. The van der Waals surface area contributed by atoms with Crippen molar-refractivity contribution in [1.29, 1.82) is 0 Å². The van der Waals surface area contributed by atoms with Crippen LogP contribution in [0.15, 0.2) is 76.9 Å². The molecule has 1 amide bonds. The van der Waals surface area contributed by atoms with Crippen LogP contribution >= 0.6 is 11.8 Å². The van der Waals surface area contributed by atoms with E-state index in [-0.39, 0.29) is 17.2 Å². The molecule has 3 aromatic heterocycles. The molecular weight excluding hydrogens is 424 g/mol. The van der Waals surface area contributed by atoms with Gasteiger partial charge in [0.2, 0.25) is 5.91 Å². The van der Waals surface area contributed by atoms with Gasteiger partial charge in [-0.25, -0.2) is 9.67 Å². The van der Waals surface area contributed by atoms with Gasteiger partial charge in [0.25, 0.3) is 5.56 Å². The van der Waals surface area contributed by atoms with Crippen LogP contribution in [0.2, 0.25) is 0 Å². The lowest BCUT2D eigenvalue weighted by Crippen LogP contribution is -2.27. The monoisotopic (exact) mass is 444 g/mol. The van der Waals surface area contributed by atoms with Crippen molar-refractivity contribution in [2.24, 2.45) is 0 Å². The Labute approximate surface area is 187 Å². The maximum absolute atomic E-state index is 12.4. The van der Waals surface area contributed by atoms with Crippen LogP contribution in [0.3, 0.4) is 0 Å². The first kappa shape index (κ1) is 20.1. The summed E-state index contributed by atoms with van der Waals surface area (Å²) in [6.07, 6.45) is 4.21. The first-order chi connectivity index (χ1) is 15.7. The number of amides is 1. The zero-order valence-electron chi connectivity index (χ0n) is 17.0. The van der Waals surface area contributed by atoms with Gasteiger partial charge in [-0.1, -0.05) is 48.2 Å². The standard InChI is InChI=1S/C23H20N6O2S/c30-20(24-11-10-15-12-25-19-9-5-4-8-17(15)19)14-32-23-27-21-18(22(31)28-23)13-26-29(21)16-6-2-1-3-7-16/h1-9,12-13,25H,10-11,14H2,(H,24,30)(H,27,28,31). The highest BCUT2D eigenvalue weighted by Gasteiger charge is 2.13. The lowest BCUT2D eigenvalue weighted by molar-refractivity contribution is -0.118. The van der Waals surface area contributed by atoms with Crippen LogP contribution in [0.25, 0.3) is 27.6 Å². The number of benzene rings is 2. The highest BCUT2D eigenvalue weighted by molar-refractivity contribution is 7.99. The second-order valence-electron chi connectivity index (χ2n) is 7.25. The van der Waals surface area contributed by atoms with E-state index in [0.717, 1.165) is 17.6 Å². The van der Waals surface area contributed by atoms with Gasteiger partial charge in [0.1, 0.15) is 5.39 Å². The fourth-order valence-electron chi connectivity index (χ4n) is 3.58. The van der Waals surface area contributed by atoms with Crippen molar-refractivity contribution in [1.82, 2.24) is 30.0 Å². The van der Waals surface area contributed by atoms with Crippen LogP contribution in [-0.4, -0.2) is 42.9 Å². The number of nitrogens with one attached hydrogen (secondary N) is 3. The Hall–Kier alpha value is -3.85. The second kappa shape index (κ2) is 8.72. The topological polar surface area (TPSA) is 108 Å². The number of carbonyl (C=O) groups is 1. The van der Waals surface area contributed by atoms with Crippen molar-refractivity contribution >= 4 is 39.6 Å². The average Bonchev–Trinajstić information content (AvgIpc) is 3.43. The minimum atomic E-state index is -0.278. The molecule has 8 nitrogen and oxygen atoms in total. The molecule has 0 saturated carbocycles. The Bertz CT molecular complexity index is 1450. The molecule has 9 heteroatoms. The average molecular weight is 445 g/mol. The molecule has 0 aliphatic carbocycles. The number of H-pyrrole nitrogens is 2. The molecule has 0 radical (unpaired) electrons. The van der Waals surface area contributed by atoms with Gasteiger partial charge in [-0.2, -0.15) is 5.10 Å². The molecule has 3 N–H and O–H groups in total. The molecular formula is C23H20N6O2S. The number of carbonyl (C=O) groups excluding carboxylic acids is 1. The molecule has 0 saturated heterocycles. The Morgan fingerprint density at radius 1 is 1.06 bits per heavy atom. The quantitative estimate of drug-likeness (QED) is 0.264. The Kier molecular flexibility index (Phi) is 5.47. The summed E-state index contributed by atoms with van der Waals surface area (Å²) < 4.78 is 1.62. The lowest BCUT2D eigenvalue weighted by Gasteiger charge is -2.06. The van der Waals surface area contributed by atoms with Gasteiger partial charge in [-0.3, -0.25) is 9.59 Å². The van der Waals surface area contributed by atoms with Gasteiger partial charge >= 0.3 is 0 Å². The van der Waals surface area contributed by atoms with E-state index >= 15 is 0 Å². The molecule has 2 aromatic carbocycles. The summed E-state index contributed by atoms with van der Waals surface area (Å²) in [5, 5.41) is 9.17. The minimum Gasteiger partial charge on any atom is -0.361 e. The molecule has 0 fully saturated rings. The summed E-state index contributed by atoms with van der Waals surface area (Å²) in [4.78, 5) is 35.2. The van der Waals surface area contributed by atoms with E-state index in [1.807, 2.05) is 54.7 Å². The molecule has 32 heavy (non-hydrogen) atoms. The van der Waals surface area contributed by atoms with Crippen LogP contribution in [0.5, 0.6) is 0 Å². The number of thioether (sulfide) groups is 1. The predicted molar refractivity (Wildman–Crippen MR) is 125 cm³/mol. The van der Waals surface area contributed by atoms with Crippen molar-refractivity contribution in [2.75, 3.05) is 12.3 Å². The van der Waals surface area contributed by atoms with E-state index < -0.39 is 0 Å².